The van der Waals surface area contributed by atoms with E-state index in [0.717, 1.165) is 6.42 Å². The van der Waals surface area contributed by atoms with Gasteiger partial charge < -0.3 is 10.1 Å². The van der Waals surface area contributed by atoms with Gasteiger partial charge in [0.1, 0.15) is 6.61 Å². The van der Waals surface area contributed by atoms with E-state index in [9.17, 15) is 4.79 Å². The second kappa shape index (κ2) is 4.97. The Morgan fingerprint density at radius 1 is 1.47 bits per heavy atom. The summed E-state index contributed by atoms with van der Waals surface area (Å²) >= 11 is 0. The SMILES string of the molecule is CCCC1CC1NC(=O)COC(C)(C)C. The largest absolute Gasteiger partial charge is 0.366 e. The standard InChI is InChI=1S/C12H23NO2/c1-5-6-9-7-10(9)13-11(14)8-15-12(2,3)4/h9-10H,5-8H2,1-4H3,(H,13,14). The molecule has 88 valence electrons. The molecule has 0 aromatic carbocycles. The number of rotatable bonds is 5. The first-order chi connectivity index (χ1) is 6.92. The summed E-state index contributed by atoms with van der Waals surface area (Å²) in [6.45, 7) is 8.23. The van der Waals surface area contributed by atoms with Crippen molar-refractivity contribution in [2.45, 2.75) is 58.6 Å². The van der Waals surface area contributed by atoms with Gasteiger partial charge in [0, 0.05) is 6.04 Å². The molecule has 1 amide bonds. The number of nitrogens with one attached hydrogen (secondary N) is 1. The summed E-state index contributed by atoms with van der Waals surface area (Å²) in [4.78, 5) is 11.5. The van der Waals surface area contributed by atoms with Crippen molar-refractivity contribution in [3.05, 3.63) is 0 Å². The Hall–Kier alpha value is -0.570. The summed E-state index contributed by atoms with van der Waals surface area (Å²) in [6.07, 6.45) is 3.58. The second-order valence-corrected chi connectivity index (χ2v) is 5.36. The predicted molar refractivity (Wildman–Crippen MR) is 60.7 cm³/mol. The molecule has 2 atom stereocenters. The Labute approximate surface area is 92.6 Å². The number of carbonyl (C=O) groups excluding carboxylic acids is 1. The lowest BCUT2D eigenvalue weighted by atomic mass is 10.2. The van der Waals surface area contributed by atoms with Gasteiger partial charge in [-0.1, -0.05) is 13.3 Å². The highest BCUT2D eigenvalue weighted by molar-refractivity contribution is 5.77. The maximum absolute atomic E-state index is 11.5. The van der Waals surface area contributed by atoms with Crippen LogP contribution < -0.4 is 5.32 Å². The third kappa shape index (κ3) is 5.17. The Bertz CT molecular complexity index is 220. The van der Waals surface area contributed by atoms with Crippen molar-refractivity contribution in [3.63, 3.8) is 0 Å². The van der Waals surface area contributed by atoms with E-state index in [2.05, 4.69) is 12.2 Å². The Kier molecular flexibility index (Phi) is 4.14. The van der Waals surface area contributed by atoms with E-state index in [-0.39, 0.29) is 18.1 Å². The van der Waals surface area contributed by atoms with Gasteiger partial charge in [-0.3, -0.25) is 4.79 Å². The molecule has 0 bridgehead atoms. The molecule has 2 unspecified atom stereocenters. The van der Waals surface area contributed by atoms with Crippen molar-refractivity contribution in [2.75, 3.05) is 6.61 Å². The van der Waals surface area contributed by atoms with E-state index in [0.29, 0.717) is 12.0 Å². The smallest absolute Gasteiger partial charge is 0.246 e. The zero-order chi connectivity index (χ0) is 11.5. The molecule has 1 N–H and O–H groups in total. The highest BCUT2D eigenvalue weighted by Crippen LogP contribution is 2.34. The van der Waals surface area contributed by atoms with Crippen LogP contribution in [0.3, 0.4) is 0 Å². The Morgan fingerprint density at radius 2 is 2.13 bits per heavy atom. The molecule has 0 saturated heterocycles. The number of hydrogen-bond acceptors (Lipinski definition) is 2. The first-order valence-electron chi connectivity index (χ1n) is 5.85. The number of hydrogen-bond donors (Lipinski definition) is 1. The monoisotopic (exact) mass is 213 g/mol. The van der Waals surface area contributed by atoms with Crippen molar-refractivity contribution < 1.29 is 9.53 Å². The van der Waals surface area contributed by atoms with Gasteiger partial charge in [-0.25, -0.2) is 0 Å². The van der Waals surface area contributed by atoms with Gasteiger partial charge in [0.05, 0.1) is 5.60 Å². The molecule has 3 nitrogen and oxygen atoms in total. The molecule has 0 aliphatic heterocycles. The number of carbonyl (C=O) groups is 1. The molecule has 3 heteroatoms. The van der Waals surface area contributed by atoms with Crippen molar-refractivity contribution >= 4 is 5.91 Å². The minimum Gasteiger partial charge on any atom is -0.366 e. The van der Waals surface area contributed by atoms with Gasteiger partial charge in [0.15, 0.2) is 0 Å². The van der Waals surface area contributed by atoms with Crippen LogP contribution in [-0.2, 0) is 9.53 Å². The van der Waals surface area contributed by atoms with E-state index < -0.39 is 0 Å². The third-order valence-corrected chi connectivity index (χ3v) is 2.56. The fraction of sp³-hybridized carbons (Fsp3) is 0.917. The summed E-state index contributed by atoms with van der Waals surface area (Å²) in [7, 11) is 0. The van der Waals surface area contributed by atoms with Crippen molar-refractivity contribution in [1.29, 1.82) is 0 Å². The van der Waals surface area contributed by atoms with Gasteiger partial charge in [-0.05, 0) is 39.5 Å². The van der Waals surface area contributed by atoms with E-state index in [4.69, 9.17) is 4.74 Å². The van der Waals surface area contributed by atoms with Gasteiger partial charge in [-0.2, -0.15) is 0 Å². The van der Waals surface area contributed by atoms with Crippen LogP contribution in [0.2, 0.25) is 0 Å². The maximum atomic E-state index is 11.5. The zero-order valence-electron chi connectivity index (χ0n) is 10.3. The van der Waals surface area contributed by atoms with Crippen molar-refractivity contribution in [1.82, 2.24) is 5.32 Å². The molecule has 1 fully saturated rings. The molecule has 1 saturated carbocycles. The van der Waals surface area contributed by atoms with Crippen LogP contribution in [0, 0.1) is 5.92 Å². The molecule has 1 aliphatic rings. The van der Waals surface area contributed by atoms with Crippen molar-refractivity contribution in [2.24, 2.45) is 5.92 Å². The van der Waals surface area contributed by atoms with Gasteiger partial charge >= 0.3 is 0 Å². The first-order valence-corrected chi connectivity index (χ1v) is 5.85. The van der Waals surface area contributed by atoms with E-state index >= 15 is 0 Å². The lowest BCUT2D eigenvalue weighted by Gasteiger charge is -2.19. The molecular weight excluding hydrogens is 190 g/mol. The minimum absolute atomic E-state index is 0.0218. The van der Waals surface area contributed by atoms with Crippen LogP contribution >= 0.6 is 0 Å². The first kappa shape index (κ1) is 12.5. The van der Waals surface area contributed by atoms with Crippen LogP contribution in [0.25, 0.3) is 0 Å². The summed E-state index contributed by atoms with van der Waals surface area (Å²) < 4.78 is 5.40. The fourth-order valence-corrected chi connectivity index (χ4v) is 1.64. The fourth-order valence-electron chi connectivity index (χ4n) is 1.64. The van der Waals surface area contributed by atoms with Crippen LogP contribution in [0.1, 0.15) is 47.0 Å². The molecule has 0 spiro atoms. The highest BCUT2D eigenvalue weighted by atomic mass is 16.5. The molecule has 0 aromatic rings. The lowest BCUT2D eigenvalue weighted by molar-refractivity contribution is -0.130. The number of amides is 1. The Balaban J connectivity index is 2.10. The van der Waals surface area contributed by atoms with Gasteiger partial charge in [0.25, 0.3) is 0 Å². The average molecular weight is 213 g/mol. The second-order valence-electron chi connectivity index (χ2n) is 5.36. The topological polar surface area (TPSA) is 38.3 Å². The average Bonchev–Trinajstić information content (AvgIpc) is 2.80. The maximum Gasteiger partial charge on any atom is 0.246 e. The molecule has 1 aliphatic carbocycles. The van der Waals surface area contributed by atoms with E-state index in [1.165, 1.54) is 12.8 Å². The van der Waals surface area contributed by atoms with Gasteiger partial charge in [-0.15, -0.1) is 0 Å². The molecular formula is C12H23NO2. The highest BCUT2D eigenvalue weighted by Gasteiger charge is 2.37. The molecule has 0 heterocycles. The summed E-state index contributed by atoms with van der Waals surface area (Å²) in [5.41, 5.74) is -0.232. The summed E-state index contributed by atoms with van der Waals surface area (Å²) in [5, 5.41) is 3.00. The Morgan fingerprint density at radius 3 is 2.67 bits per heavy atom. The van der Waals surface area contributed by atoms with Crippen LogP contribution in [0.4, 0.5) is 0 Å². The zero-order valence-corrected chi connectivity index (χ0v) is 10.3. The van der Waals surface area contributed by atoms with E-state index in [1.807, 2.05) is 20.8 Å². The van der Waals surface area contributed by atoms with Crippen molar-refractivity contribution in [3.8, 4) is 0 Å². The molecule has 1 rings (SSSR count). The molecule has 0 radical (unpaired) electrons. The third-order valence-electron chi connectivity index (χ3n) is 2.56. The normalized spacial score (nSPS) is 25.1. The van der Waals surface area contributed by atoms with Gasteiger partial charge in [0.2, 0.25) is 5.91 Å². The lowest BCUT2D eigenvalue weighted by Crippen LogP contribution is -2.34. The summed E-state index contributed by atoms with van der Waals surface area (Å²) in [5.74, 6) is 0.738. The van der Waals surface area contributed by atoms with E-state index in [1.54, 1.807) is 0 Å². The molecule has 0 aromatic heterocycles. The predicted octanol–water partition coefficient (Wildman–Crippen LogP) is 2.11. The van der Waals surface area contributed by atoms with Crippen LogP contribution in [0.5, 0.6) is 0 Å². The minimum atomic E-state index is -0.232. The number of ether oxygens (including phenoxy) is 1. The van der Waals surface area contributed by atoms with Crippen LogP contribution in [-0.4, -0.2) is 24.2 Å². The van der Waals surface area contributed by atoms with Crippen LogP contribution in [0.15, 0.2) is 0 Å². The quantitative estimate of drug-likeness (QED) is 0.759. The molecule has 15 heavy (non-hydrogen) atoms. The summed E-state index contributed by atoms with van der Waals surface area (Å²) in [6, 6.07) is 0.418.